The van der Waals surface area contributed by atoms with Gasteiger partial charge in [-0.2, -0.15) is 0 Å². The number of carbonyl (C=O) groups is 1. The zero-order valence-corrected chi connectivity index (χ0v) is 12.6. The van der Waals surface area contributed by atoms with Crippen molar-refractivity contribution in [1.29, 1.82) is 0 Å². The molecule has 1 aliphatic heterocycles. The van der Waals surface area contributed by atoms with Crippen molar-refractivity contribution in [3.05, 3.63) is 28.5 Å². The summed E-state index contributed by atoms with van der Waals surface area (Å²) in [6.07, 6.45) is 1.79. The lowest BCUT2D eigenvalue weighted by molar-refractivity contribution is -0.147. The summed E-state index contributed by atoms with van der Waals surface area (Å²) in [5.74, 6) is 0.172. The van der Waals surface area contributed by atoms with Crippen LogP contribution in [0.3, 0.4) is 0 Å². The van der Waals surface area contributed by atoms with E-state index in [2.05, 4.69) is 25.8 Å². The van der Waals surface area contributed by atoms with Crippen LogP contribution in [0.25, 0.3) is 0 Å². The summed E-state index contributed by atoms with van der Waals surface area (Å²) >= 11 is 3.37. The van der Waals surface area contributed by atoms with Crippen molar-refractivity contribution >= 4 is 21.8 Å². The Labute approximate surface area is 116 Å². The molecule has 1 aromatic heterocycles. The van der Waals surface area contributed by atoms with E-state index < -0.39 is 5.54 Å². The number of nitrogens with zero attached hydrogens (tertiary/aromatic N) is 3. The summed E-state index contributed by atoms with van der Waals surface area (Å²) in [7, 11) is 1.86. The van der Waals surface area contributed by atoms with Crippen LogP contribution in [0.4, 0.5) is 0 Å². The van der Waals surface area contributed by atoms with E-state index in [0.29, 0.717) is 6.54 Å². The van der Waals surface area contributed by atoms with E-state index in [1.165, 1.54) is 0 Å². The number of pyridine rings is 1. The molecular formula is C13H18BrN3O. The summed E-state index contributed by atoms with van der Waals surface area (Å²) in [4.78, 5) is 20.5. The Balaban J connectivity index is 2.14. The first-order valence-electron chi connectivity index (χ1n) is 6.02. The number of carbonyl (C=O) groups excluding carboxylic acids is 1. The van der Waals surface area contributed by atoms with E-state index in [1.54, 1.807) is 11.1 Å². The van der Waals surface area contributed by atoms with Crippen molar-refractivity contribution in [2.75, 3.05) is 20.1 Å². The minimum atomic E-state index is -0.457. The van der Waals surface area contributed by atoms with E-state index in [0.717, 1.165) is 23.3 Å². The maximum absolute atomic E-state index is 12.2. The van der Waals surface area contributed by atoms with Crippen molar-refractivity contribution < 1.29 is 4.79 Å². The van der Waals surface area contributed by atoms with Crippen LogP contribution >= 0.6 is 15.9 Å². The number of halogens is 1. The van der Waals surface area contributed by atoms with Gasteiger partial charge in [-0.1, -0.05) is 0 Å². The van der Waals surface area contributed by atoms with Gasteiger partial charge in [0, 0.05) is 37.4 Å². The number of piperazine rings is 1. The molecule has 1 fully saturated rings. The van der Waals surface area contributed by atoms with E-state index >= 15 is 0 Å². The largest absolute Gasteiger partial charge is 0.343 e. The van der Waals surface area contributed by atoms with Crippen LogP contribution in [-0.2, 0) is 11.3 Å². The molecule has 0 spiro atoms. The van der Waals surface area contributed by atoms with Gasteiger partial charge in [-0.05, 0) is 41.9 Å². The zero-order valence-electron chi connectivity index (χ0n) is 11.0. The second kappa shape index (κ2) is 4.97. The van der Waals surface area contributed by atoms with Crippen LogP contribution < -0.4 is 0 Å². The predicted molar refractivity (Wildman–Crippen MR) is 74.1 cm³/mol. The molecule has 5 heteroatoms. The highest BCUT2D eigenvalue weighted by molar-refractivity contribution is 9.10. The lowest BCUT2D eigenvalue weighted by atomic mass is 9.97. The van der Waals surface area contributed by atoms with E-state index in [-0.39, 0.29) is 5.91 Å². The first-order valence-corrected chi connectivity index (χ1v) is 6.81. The summed E-state index contributed by atoms with van der Waals surface area (Å²) in [6.45, 7) is 6.32. The van der Waals surface area contributed by atoms with Crippen molar-refractivity contribution in [1.82, 2.24) is 14.8 Å². The maximum atomic E-state index is 12.2. The Hall–Kier alpha value is -0.940. The summed E-state index contributed by atoms with van der Waals surface area (Å²) < 4.78 is 0.972. The smallest absolute Gasteiger partial charge is 0.242 e. The summed E-state index contributed by atoms with van der Waals surface area (Å²) in [6, 6.07) is 3.97. The Morgan fingerprint density at radius 3 is 2.72 bits per heavy atom. The number of amides is 1. The van der Waals surface area contributed by atoms with Crippen LogP contribution in [0.2, 0.25) is 0 Å². The van der Waals surface area contributed by atoms with Gasteiger partial charge in [-0.3, -0.25) is 14.7 Å². The molecule has 18 heavy (non-hydrogen) atoms. The van der Waals surface area contributed by atoms with Gasteiger partial charge in [-0.15, -0.1) is 0 Å². The lowest BCUT2D eigenvalue weighted by Gasteiger charge is -2.44. The lowest BCUT2D eigenvalue weighted by Crippen LogP contribution is -2.61. The van der Waals surface area contributed by atoms with Gasteiger partial charge in [0.25, 0.3) is 0 Å². The minimum absolute atomic E-state index is 0.172. The summed E-state index contributed by atoms with van der Waals surface area (Å²) in [5, 5.41) is 0. The number of rotatable bonds is 2. The molecule has 1 saturated heterocycles. The van der Waals surface area contributed by atoms with Crippen LogP contribution in [0.15, 0.2) is 22.8 Å². The van der Waals surface area contributed by atoms with E-state index in [9.17, 15) is 4.79 Å². The molecule has 0 unspecified atom stereocenters. The first kappa shape index (κ1) is 13.5. The quantitative estimate of drug-likeness (QED) is 0.837. The van der Waals surface area contributed by atoms with E-state index in [4.69, 9.17) is 0 Å². The third kappa shape index (κ3) is 2.57. The molecule has 98 valence electrons. The van der Waals surface area contributed by atoms with Crippen molar-refractivity contribution in [2.24, 2.45) is 0 Å². The second-order valence-electron chi connectivity index (χ2n) is 5.18. The molecule has 0 bridgehead atoms. The fourth-order valence-corrected chi connectivity index (χ4v) is 2.46. The van der Waals surface area contributed by atoms with Crippen LogP contribution in [0.5, 0.6) is 0 Å². The monoisotopic (exact) mass is 311 g/mol. The highest BCUT2D eigenvalue weighted by Gasteiger charge is 2.40. The maximum Gasteiger partial charge on any atom is 0.242 e. The standard InChI is InChI=1S/C13H18BrN3O/c1-13(2)12(18)16(3)6-7-17(13)9-11-5-4-10(14)8-15-11/h4-5,8H,6-7,9H2,1-3H3. The highest BCUT2D eigenvalue weighted by Crippen LogP contribution is 2.23. The molecule has 0 N–H and O–H groups in total. The molecule has 1 aliphatic rings. The third-order valence-corrected chi connectivity index (χ3v) is 3.98. The van der Waals surface area contributed by atoms with Gasteiger partial charge < -0.3 is 4.90 Å². The van der Waals surface area contributed by atoms with Gasteiger partial charge in [0.05, 0.1) is 11.2 Å². The molecule has 0 atom stereocenters. The molecule has 0 aliphatic carbocycles. The highest BCUT2D eigenvalue weighted by atomic mass is 79.9. The number of likely N-dealkylation sites (N-methyl/N-ethyl adjacent to an activating group) is 1. The van der Waals surface area contributed by atoms with Gasteiger partial charge >= 0.3 is 0 Å². The van der Waals surface area contributed by atoms with Gasteiger partial charge in [0.1, 0.15) is 0 Å². The topological polar surface area (TPSA) is 36.4 Å². The Morgan fingerprint density at radius 2 is 2.11 bits per heavy atom. The Kier molecular flexibility index (Phi) is 3.73. The van der Waals surface area contributed by atoms with Gasteiger partial charge in [0.2, 0.25) is 5.91 Å². The van der Waals surface area contributed by atoms with Gasteiger partial charge in [0.15, 0.2) is 0 Å². The van der Waals surface area contributed by atoms with Crippen molar-refractivity contribution in [3.8, 4) is 0 Å². The first-order chi connectivity index (χ1) is 8.41. The minimum Gasteiger partial charge on any atom is -0.343 e. The van der Waals surface area contributed by atoms with Gasteiger partial charge in [-0.25, -0.2) is 0 Å². The average Bonchev–Trinajstić information content (AvgIpc) is 2.33. The molecule has 1 amide bonds. The van der Waals surface area contributed by atoms with Crippen molar-refractivity contribution in [2.45, 2.75) is 25.9 Å². The Morgan fingerprint density at radius 1 is 1.39 bits per heavy atom. The second-order valence-corrected chi connectivity index (χ2v) is 6.09. The molecule has 2 rings (SSSR count). The van der Waals surface area contributed by atoms with Crippen LogP contribution in [0.1, 0.15) is 19.5 Å². The van der Waals surface area contributed by atoms with Crippen LogP contribution in [0, 0.1) is 0 Å². The molecule has 0 radical (unpaired) electrons. The fraction of sp³-hybridized carbons (Fsp3) is 0.538. The molecule has 1 aromatic rings. The zero-order chi connectivity index (χ0) is 13.3. The number of aromatic nitrogens is 1. The average molecular weight is 312 g/mol. The number of hydrogen-bond donors (Lipinski definition) is 0. The SMILES string of the molecule is CN1CCN(Cc2ccc(Br)cn2)C(C)(C)C1=O. The number of hydrogen-bond acceptors (Lipinski definition) is 3. The molecule has 4 nitrogen and oxygen atoms in total. The molecular weight excluding hydrogens is 294 g/mol. The molecule has 2 heterocycles. The third-order valence-electron chi connectivity index (χ3n) is 3.51. The Bertz CT molecular complexity index is 444. The fourth-order valence-electron chi connectivity index (χ4n) is 2.23. The van der Waals surface area contributed by atoms with Crippen LogP contribution in [-0.4, -0.2) is 46.4 Å². The molecule has 0 aromatic carbocycles. The normalized spacial score (nSPS) is 20.2. The predicted octanol–water partition coefficient (Wildman–Crippen LogP) is 1.90. The van der Waals surface area contributed by atoms with E-state index in [1.807, 2.05) is 33.0 Å². The summed E-state index contributed by atoms with van der Waals surface area (Å²) in [5.41, 5.74) is 0.533. The molecule has 0 saturated carbocycles. The van der Waals surface area contributed by atoms with Crippen molar-refractivity contribution in [3.63, 3.8) is 0 Å².